The third-order valence-electron chi connectivity index (χ3n) is 2.48. The van der Waals surface area contributed by atoms with Gasteiger partial charge in [-0.3, -0.25) is 10.1 Å². The molecule has 0 spiro atoms. The van der Waals surface area contributed by atoms with E-state index in [1.807, 2.05) is 6.07 Å². The van der Waals surface area contributed by atoms with Crippen LogP contribution in [0.5, 0.6) is 0 Å². The summed E-state index contributed by atoms with van der Waals surface area (Å²) in [5.74, 6) is 0. The Hall–Kier alpha value is -2.58. The number of nitriles is 1. The molecule has 0 aliphatic heterocycles. The minimum Gasteiger partial charge on any atom is -0.353 e. The number of nitrogens with zero attached hydrogens (tertiary/aromatic N) is 2. The van der Waals surface area contributed by atoms with Crippen molar-refractivity contribution >= 4 is 28.7 Å². The Bertz CT molecular complexity index is 680. The van der Waals surface area contributed by atoms with Crippen LogP contribution in [-0.4, -0.2) is 4.92 Å². The molecule has 0 fully saturated rings. The van der Waals surface area contributed by atoms with Gasteiger partial charge in [-0.25, -0.2) is 0 Å². The molecular formula is C13H8ClN3O2. The average molecular weight is 274 g/mol. The van der Waals surface area contributed by atoms with Crippen LogP contribution in [0.25, 0.3) is 0 Å². The van der Waals surface area contributed by atoms with Crippen molar-refractivity contribution < 1.29 is 4.92 Å². The Balaban J connectivity index is 2.39. The predicted octanol–water partition coefficient (Wildman–Crippen LogP) is 3.86. The quantitative estimate of drug-likeness (QED) is 0.680. The molecule has 6 heteroatoms. The van der Waals surface area contributed by atoms with E-state index in [4.69, 9.17) is 16.9 Å². The van der Waals surface area contributed by atoms with E-state index in [0.29, 0.717) is 16.4 Å². The SMILES string of the molecule is N#Cc1cc([N+](=O)[O-])ccc1Nc1ccccc1Cl. The lowest BCUT2D eigenvalue weighted by atomic mass is 10.1. The van der Waals surface area contributed by atoms with Crippen molar-refractivity contribution in [1.29, 1.82) is 5.26 Å². The highest BCUT2D eigenvalue weighted by atomic mass is 35.5. The number of halogens is 1. The number of para-hydroxylation sites is 1. The molecule has 19 heavy (non-hydrogen) atoms. The predicted molar refractivity (Wildman–Crippen MR) is 72.5 cm³/mol. The molecule has 0 radical (unpaired) electrons. The Labute approximate surface area is 114 Å². The maximum Gasteiger partial charge on any atom is 0.270 e. The second-order valence-corrected chi connectivity index (χ2v) is 4.11. The summed E-state index contributed by atoms with van der Waals surface area (Å²) in [6.07, 6.45) is 0. The number of rotatable bonds is 3. The summed E-state index contributed by atoms with van der Waals surface area (Å²) in [6.45, 7) is 0. The van der Waals surface area contributed by atoms with E-state index in [1.165, 1.54) is 18.2 Å². The van der Waals surface area contributed by atoms with Crippen molar-refractivity contribution in [3.63, 3.8) is 0 Å². The first-order valence-corrected chi connectivity index (χ1v) is 5.69. The molecule has 0 aliphatic rings. The Kier molecular flexibility index (Phi) is 3.64. The van der Waals surface area contributed by atoms with Crippen molar-refractivity contribution in [3.05, 3.63) is 63.2 Å². The number of anilines is 2. The van der Waals surface area contributed by atoms with Crippen LogP contribution in [0, 0.1) is 21.4 Å². The number of non-ortho nitro benzene ring substituents is 1. The first-order chi connectivity index (χ1) is 9.11. The lowest BCUT2D eigenvalue weighted by molar-refractivity contribution is -0.384. The molecule has 0 heterocycles. The maximum atomic E-state index is 10.6. The zero-order valence-corrected chi connectivity index (χ0v) is 10.4. The fraction of sp³-hybridized carbons (Fsp3) is 0. The first kappa shape index (κ1) is 12.9. The molecule has 0 amide bonds. The fourth-order valence-corrected chi connectivity index (χ4v) is 1.74. The maximum absolute atomic E-state index is 10.6. The monoisotopic (exact) mass is 273 g/mol. The zero-order valence-electron chi connectivity index (χ0n) is 9.63. The number of hydrogen-bond donors (Lipinski definition) is 1. The minimum absolute atomic E-state index is 0.124. The Morgan fingerprint density at radius 2 is 1.95 bits per heavy atom. The van der Waals surface area contributed by atoms with Gasteiger partial charge >= 0.3 is 0 Å². The highest BCUT2D eigenvalue weighted by Gasteiger charge is 2.11. The molecular weight excluding hydrogens is 266 g/mol. The van der Waals surface area contributed by atoms with Crippen LogP contribution in [-0.2, 0) is 0 Å². The van der Waals surface area contributed by atoms with Gasteiger partial charge < -0.3 is 5.32 Å². The van der Waals surface area contributed by atoms with E-state index in [9.17, 15) is 10.1 Å². The van der Waals surface area contributed by atoms with Gasteiger partial charge in [0.2, 0.25) is 0 Å². The van der Waals surface area contributed by atoms with Crippen molar-refractivity contribution in [3.8, 4) is 6.07 Å². The summed E-state index contributed by atoms with van der Waals surface area (Å²) in [5, 5.41) is 23.2. The van der Waals surface area contributed by atoms with Crippen molar-refractivity contribution in [1.82, 2.24) is 0 Å². The van der Waals surface area contributed by atoms with E-state index in [0.717, 1.165) is 0 Å². The van der Waals surface area contributed by atoms with Gasteiger partial charge in [-0.1, -0.05) is 23.7 Å². The van der Waals surface area contributed by atoms with Gasteiger partial charge in [0.15, 0.2) is 0 Å². The lowest BCUT2D eigenvalue weighted by Gasteiger charge is -2.09. The molecule has 0 saturated heterocycles. The molecule has 0 aromatic heterocycles. The molecule has 0 unspecified atom stereocenters. The van der Waals surface area contributed by atoms with E-state index >= 15 is 0 Å². The van der Waals surface area contributed by atoms with Crippen molar-refractivity contribution in [2.24, 2.45) is 0 Å². The average Bonchev–Trinajstić information content (AvgIpc) is 2.41. The van der Waals surface area contributed by atoms with Gasteiger partial charge in [0.05, 0.1) is 26.9 Å². The van der Waals surface area contributed by atoms with Crippen LogP contribution in [0.3, 0.4) is 0 Å². The van der Waals surface area contributed by atoms with E-state index in [1.54, 1.807) is 24.3 Å². The number of nitrogens with one attached hydrogen (secondary N) is 1. The molecule has 2 aromatic carbocycles. The zero-order chi connectivity index (χ0) is 13.8. The van der Waals surface area contributed by atoms with Crippen LogP contribution >= 0.6 is 11.6 Å². The normalized spacial score (nSPS) is 9.68. The molecule has 5 nitrogen and oxygen atoms in total. The largest absolute Gasteiger partial charge is 0.353 e. The summed E-state index contributed by atoms with van der Waals surface area (Å²) in [4.78, 5) is 10.1. The van der Waals surface area contributed by atoms with Crippen LogP contribution in [0.2, 0.25) is 5.02 Å². The second kappa shape index (κ2) is 5.38. The highest BCUT2D eigenvalue weighted by molar-refractivity contribution is 6.33. The third kappa shape index (κ3) is 2.81. The smallest absolute Gasteiger partial charge is 0.270 e. The van der Waals surface area contributed by atoms with Gasteiger partial charge in [0.25, 0.3) is 5.69 Å². The summed E-state index contributed by atoms with van der Waals surface area (Å²) in [6, 6.07) is 13.0. The molecule has 0 atom stereocenters. The van der Waals surface area contributed by atoms with E-state index < -0.39 is 4.92 Å². The molecule has 0 saturated carbocycles. The minimum atomic E-state index is -0.542. The van der Waals surface area contributed by atoms with Gasteiger partial charge in [-0.05, 0) is 18.2 Å². The number of nitro groups is 1. The van der Waals surface area contributed by atoms with Crippen LogP contribution in [0.1, 0.15) is 5.56 Å². The molecule has 2 rings (SSSR count). The van der Waals surface area contributed by atoms with Gasteiger partial charge in [0.1, 0.15) is 6.07 Å². The Morgan fingerprint density at radius 3 is 2.58 bits per heavy atom. The lowest BCUT2D eigenvalue weighted by Crippen LogP contribution is -1.96. The Morgan fingerprint density at radius 1 is 1.21 bits per heavy atom. The molecule has 1 N–H and O–H groups in total. The topological polar surface area (TPSA) is 79.0 Å². The molecule has 0 bridgehead atoms. The molecule has 94 valence electrons. The van der Waals surface area contributed by atoms with Gasteiger partial charge in [-0.15, -0.1) is 0 Å². The number of benzene rings is 2. The number of nitro benzene ring substituents is 1. The van der Waals surface area contributed by atoms with Gasteiger partial charge in [-0.2, -0.15) is 5.26 Å². The highest BCUT2D eigenvalue weighted by Crippen LogP contribution is 2.28. The van der Waals surface area contributed by atoms with E-state index in [2.05, 4.69) is 5.32 Å². The van der Waals surface area contributed by atoms with Gasteiger partial charge in [0, 0.05) is 12.1 Å². The van der Waals surface area contributed by atoms with E-state index in [-0.39, 0.29) is 11.3 Å². The first-order valence-electron chi connectivity index (χ1n) is 5.32. The van der Waals surface area contributed by atoms with Crippen LogP contribution in [0.4, 0.5) is 17.1 Å². The number of hydrogen-bond acceptors (Lipinski definition) is 4. The third-order valence-corrected chi connectivity index (χ3v) is 2.81. The summed E-state index contributed by atoms with van der Waals surface area (Å²) < 4.78 is 0. The second-order valence-electron chi connectivity index (χ2n) is 3.70. The summed E-state index contributed by atoms with van der Waals surface area (Å²) in [5.41, 5.74) is 1.17. The standard InChI is InChI=1S/C13H8ClN3O2/c14-11-3-1-2-4-13(11)16-12-6-5-10(17(18)19)7-9(12)8-15/h1-7,16H. The van der Waals surface area contributed by atoms with Crippen LogP contribution in [0.15, 0.2) is 42.5 Å². The molecule has 0 aliphatic carbocycles. The van der Waals surface area contributed by atoms with Crippen LogP contribution < -0.4 is 5.32 Å². The molecule has 2 aromatic rings. The fourth-order valence-electron chi connectivity index (χ4n) is 1.55. The summed E-state index contributed by atoms with van der Waals surface area (Å²) >= 11 is 6.00. The van der Waals surface area contributed by atoms with Crippen molar-refractivity contribution in [2.75, 3.05) is 5.32 Å². The summed E-state index contributed by atoms with van der Waals surface area (Å²) in [7, 11) is 0. The van der Waals surface area contributed by atoms with Crippen molar-refractivity contribution in [2.45, 2.75) is 0 Å².